The average Bonchev–Trinajstić information content (AvgIpc) is 2.96. The van der Waals surface area contributed by atoms with Crippen LogP contribution in [0.25, 0.3) is 6.08 Å². The predicted molar refractivity (Wildman–Crippen MR) is 101 cm³/mol. The summed E-state index contributed by atoms with van der Waals surface area (Å²) >= 11 is 0. The summed E-state index contributed by atoms with van der Waals surface area (Å²) in [7, 11) is 0. The molecule has 134 valence electrons. The van der Waals surface area contributed by atoms with Gasteiger partial charge in [0, 0.05) is 23.5 Å². The molecule has 0 bridgehead atoms. The molecule has 2 aromatic rings. The van der Waals surface area contributed by atoms with Gasteiger partial charge in [0.05, 0.1) is 6.54 Å². The zero-order chi connectivity index (χ0) is 18.5. The minimum absolute atomic E-state index is 0.124. The summed E-state index contributed by atoms with van der Waals surface area (Å²) in [5.74, 6) is -0.755. The summed E-state index contributed by atoms with van der Waals surface area (Å²) in [5, 5.41) is 11.5. The first-order valence-electron chi connectivity index (χ1n) is 8.44. The second kappa shape index (κ2) is 7.84. The lowest BCUT2D eigenvalue weighted by molar-refractivity contribution is -0.124. The van der Waals surface area contributed by atoms with Crippen LogP contribution in [0.5, 0.6) is 0 Å². The fourth-order valence-electron chi connectivity index (χ4n) is 3.17. The molecule has 0 saturated carbocycles. The largest absolute Gasteiger partial charge is 0.359 e. The highest BCUT2D eigenvalue weighted by Crippen LogP contribution is 2.31. The lowest BCUT2D eigenvalue weighted by Gasteiger charge is -2.24. The second-order valence-electron chi connectivity index (χ2n) is 6.25. The Kier molecular flexibility index (Phi) is 5.34. The molecular formula is C20H21N3O3. The van der Waals surface area contributed by atoms with Crippen LogP contribution in [-0.4, -0.2) is 29.6 Å². The summed E-state index contributed by atoms with van der Waals surface area (Å²) in [5.41, 5.74) is 5.18. The summed E-state index contributed by atoms with van der Waals surface area (Å²) < 4.78 is 0. The zero-order valence-electron chi connectivity index (χ0n) is 14.5. The first-order valence-corrected chi connectivity index (χ1v) is 8.44. The average molecular weight is 351 g/mol. The lowest BCUT2D eigenvalue weighted by Crippen LogP contribution is -2.37. The molecule has 26 heavy (non-hydrogen) atoms. The SMILES string of the molecule is CC1Cc2ccccc2N1CC(=O)Nc1ccccc1C=CC(=O)NO. The normalized spacial score (nSPS) is 15.8. The second-order valence-corrected chi connectivity index (χ2v) is 6.25. The number of carbonyl (C=O) groups is 2. The van der Waals surface area contributed by atoms with E-state index in [9.17, 15) is 9.59 Å². The molecule has 0 aromatic heterocycles. The molecule has 3 N–H and O–H groups in total. The molecule has 1 aliphatic rings. The van der Waals surface area contributed by atoms with Gasteiger partial charge in [-0.1, -0.05) is 36.4 Å². The molecule has 6 heteroatoms. The highest BCUT2D eigenvalue weighted by Gasteiger charge is 2.27. The molecule has 0 spiro atoms. The third kappa shape index (κ3) is 3.92. The molecule has 0 radical (unpaired) electrons. The molecule has 0 saturated heterocycles. The molecule has 1 heterocycles. The van der Waals surface area contributed by atoms with E-state index in [0.717, 1.165) is 12.1 Å². The topological polar surface area (TPSA) is 81.7 Å². The fraction of sp³-hybridized carbons (Fsp3) is 0.200. The number of hydrogen-bond acceptors (Lipinski definition) is 4. The quantitative estimate of drug-likeness (QED) is 0.439. The first-order chi connectivity index (χ1) is 12.6. The Labute approximate surface area is 152 Å². The Morgan fingerprint density at radius 1 is 1.19 bits per heavy atom. The zero-order valence-corrected chi connectivity index (χ0v) is 14.5. The van der Waals surface area contributed by atoms with Crippen molar-refractivity contribution in [1.82, 2.24) is 5.48 Å². The van der Waals surface area contributed by atoms with Gasteiger partial charge in [0.15, 0.2) is 0 Å². The van der Waals surface area contributed by atoms with Gasteiger partial charge >= 0.3 is 0 Å². The van der Waals surface area contributed by atoms with Gasteiger partial charge in [0.1, 0.15) is 0 Å². The van der Waals surface area contributed by atoms with E-state index in [0.29, 0.717) is 11.3 Å². The standard InChI is InChI=1S/C20H21N3O3/c1-14-12-16-7-3-5-9-18(16)23(14)13-20(25)21-17-8-4-2-6-15(17)10-11-19(24)22-26/h2-11,14,26H,12-13H2,1H3,(H,21,25)(H,22,24). The van der Waals surface area contributed by atoms with Crippen LogP contribution in [0.3, 0.4) is 0 Å². The van der Waals surface area contributed by atoms with Gasteiger partial charge in [-0.2, -0.15) is 0 Å². The van der Waals surface area contributed by atoms with E-state index in [2.05, 4.69) is 23.2 Å². The highest BCUT2D eigenvalue weighted by atomic mass is 16.5. The summed E-state index contributed by atoms with van der Waals surface area (Å²) in [6.45, 7) is 2.37. The molecular weight excluding hydrogens is 330 g/mol. The van der Waals surface area contributed by atoms with Crippen molar-refractivity contribution in [2.45, 2.75) is 19.4 Å². The van der Waals surface area contributed by atoms with Gasteiger partial charge in [-0.05, 0) is 42.7 Å². The van der Waals surface area contributed by atoms with Crippen LogP contribution in [0.1, 0.15) is 18.1 Å². The number of nitrogens with zero attached hydrogens (tertiary/aromatic N) is 1. The Bertz CT molecular complexity index is 848. The number of rotatable bonds is 5. The smallest absolute Gasteiger partial charge is 0.267 e. The maximum atomic E-state index is 12.6. The van der Waals surface area contributed by atoms with Crippen molar-refractivity contribution in [2.24, 2.45) is 0 Å². The molecule has 0 aliphatic carbocycles. The van der Waals surface area contributed by atoms with Crippen LogP contribution < -0.4 is 15.7 Å². The van der Waals surface area contributed by atoms with Crippen molar-refractivity contribution in [1.29, 1.82) is 0 Å². The number of hydrogen-bond donors (Lipinski definition) is 3. The van der Waals surface area contributed by atoms with Crippen molar-refractivity contribution in [3.05, 3.63) is 65.7 Å². The number of fused-ring (bicyclic) bond motifs is 1. The Morgan fingerprint density at radius 3 is 2.73 bits per heavy atom. The minimum Gasteiger partial charge on any atom is -0.359 e. The van der Waals surface area contributed by atoms with E-state index in [1.54, 1.807) is 12.1 Å². The number of carbonyl (C=O) groups excluding carboxylic acids is 2. The van der Waals surface area contributed by atoms with Crippen molar-refractivity contribution < 1.29 is 14.8 Å². The van der Waals surface area contributed by atoms with Crippen molar-refractivity contribution in [3.8, 4) is 0 Å². The predicted octanol–water partition coefficient (Wildman–Crippen LogP) is 2.59. The molecule has 1 unspecified atom stereocenters. The van der Waals surface area contributed by atoms with Crippen molar-refractivity contribution >= 4 is 29.3 Å². The van der Waals surface area contributed by atoms with Crippen LogP contribution in [0.15, 0.2) is 54.6 Å². The number of para-hydroxylation sites is 2. The molecule has 1 atom stereocenters. The number of amides is 2. The van der Waals surface area contributed by atoms with E-state index < -0.39 is 5.91 Å². The number of benzene rings is 2. The monoisotopic (exact) mass is 351 g/mol. The molecule has 1 aliphatic heterocycles. The molecule has 0 fully saturated rings. The van der Waals surface area contributed by atoms with Crippen LogP contribution in [0, 0.1) is 0 Å². The van der Waals surface area contributed by atoms with Crippen molar-refractivity contribution in [2.75, 3.05) is 16.8 Å². The van der Waals surface area contributed by atoms with E-state index >= 15 is 0 Å². The molecule has 2 amide bonds. The van der Waals surface area contributed by atoms with E-state index in [1.165, 1.54) is 23.2 Å². The van der Waals surface area contributed by atoms with Crippen LogP contribution in [0.4, 0.5) is 11.4 Å². The Balaban J connectivity index is 1.71. The van der Waals surface area contributed by atoms with Crippen LogP contribution in [-0.2, 0) is 16.0 Å². The summed E-state index contributed by atoms with van der Waals surface area (Å²) in [4.78, 5) is 25.8. The van der Waals surface area contributed by atoms with Crippen LogP contribution >= 0.6 is 0 Å². The number of nitrogens with one attached hydrogen (secondary N) is 2. The Hall–Kier alpha value is -3.12. The first kappa shape index (κ1) is 17.7. The van der Waals surface area contributed by atoms with Gasteiger partial charge in [0.25, 0.3) is 5.91 Å². The summed E-state index contributed by atoms with van der Waals surface area (Å²) in [6.07, 6.45) is 3.66. The van der Waals surface area contributed by atoms with E-state index in [1.807, 2.05) is 30.3 Å². The third-order valence-electron chi connectivity index (χ3n) is 4.42. The Morgan fingerprint density at radius 2 is 1.92 bits per heavy atom. The fourth-order valence-corrected chi connectivity index (χ4v) is 3.17. The maximum absolute atomic E-state index is 12.6. The maximum Gasteiger partial charge on any atom is 0.267 e. The van der Waals surface area contributed by atoms with E-state index in [4.69, 9.17) is 5.21 Å². The van der Waals surface area contributed by atoms with Crippen molar-refractivity contribution in [3.63, 3.8) is 0 Å². The van der Waals surface area contributed by atoms with Gasteiger partial charge in [0.2, 0.25) is 5.91 Å². The molecule has 6 nitrogen and oxygen atoms in total. The number of anilines is 2. The lowest BCUT2D eigenvalue weighted by atomic mass is 10.1. The summed E-state index contributed by atoms with van der Waals surface area (Å²) in [6, 6.07) is 15.6. The van der Waals surface area contributed by atoms with Gasteiger partial charge < -0.3 is 10.2 Å². The third-order valence-corrected chi connectivity index (χ3v) is 4.42. The molecule has 2 aromatic carbocycles. The van der Waals surface area contributed by atoms with Crippen LogP contribution in [0.2, 0.25) is 0 Å². The van der Waals surface area contributed by atoms with E-state index in [-0.39, 0.29) is 18.5 Å². The van der Waals surface area contributed by atoms with Gasteiger partial charge in [-0.25, -0.2) is 5.48 Å². The molecule has 3 rings (SSSR count). The number of hydroxylamine groups is 1. The highest BCUT2D eigenvalue weighted by molar-refractivity contribution is 5.97. The van der Waals surface area contributed by atoms with Gasteiger partial charge in [-0.3, -0.25) is 14.8 Å². The van der Waals surface area contributed by atoms with Gasteiger partial charge in [-0.15, -0.1) is 0 Å². The minimum atomic E-state index is -0.631.